The molecule has 32 heavy (non-hydrogen) atoms. The van der Waals surface area contributed by atoms with Gasteiger partial charge in [-0.05, 0) is 28.4 Å². The highest BCUT2D eigenvalue weighted by Gasteiger charge is 2.28. The summed E-state index contributed by atoms with van der Waals surface area (Å²) in [6.07, 6.45) is -1.90. The van der Waals surface area contributed by atoms with Crippen LogP contribution in [0, 0.1) is 5.41 Å². The Labute approximate surface area is 189 Å². The van der Waals surface area contributed by atoms with Crippen molar-refractivity contribution >= 4 is 23.9 Å². The molecule has 0 unspecified atom stereocenters. The fourth-order valence-corrected chi connectivity index (χ4v) is 3.21. The lowest BCUT2D eigenvalue weighted by atomic mass is 9.89. The zero-order valence-electron chi connectivity index (χ0n) is 19.7. The van der Waals surface area contributed by atoms with Crippen LogP contribution in [0.25, 0.3) is 0 Å². The monoisotopic (exact) mass is 449 g/mol. The smallest absolute Gasteiger partial charge is 0.405 e. The van der Waals surface area contributed by atoms with Gasteiger partial charge in [-0.25, -0.2) is 4.79 Å². The number of carbonyl (C=O) groups is 4. The second-order valence-electron chi connectivity index (χ2n) is 9.28. The summed E-state index contributed by atoms with van der Waals surface area (Å²) >= 11 is 0. The number of ether oxygens (including phenoxy) is 1. The van der Waals surface area contributed by atoms with Crippen LogP contribution in [0.3, 0.4) is 0 Å². The van der Waals surface area contributed by atoms with Crippen LogP contribution >= 0.6 is 0 Å². The van der Waals surface area contributed by atoms with Crippen molar-refractivity contribution in [2.75, 3.05) is 6.54 Å². The molecule has 0 heterocycles. The van der Waals surface area contributed by atoms with Crippen LogP contribution in [-0.2, 0) is 14.4 Å². The van der Waals surface area contributed by atoms with Crippen LogP contribution < -0.4 is 21.1 Å². The highest BCUT2D eigenvalue weighted by atomic mass is 16.5. The molecular weight excluding hydrogens is 414 g/mol. The quantitative estimate of drug-likeness (QED) is 0.302. The van der Waals surface area contributed by atoms with Gasteiger partial charge in [0.2, 0.25) is 11.8 Å². The van der Waals surface area contributed by atoms with Crippen molar-refractivity contribution in [3.05, 3.63) is 29.3 Å². The third-order valence-electron chi connectivity index (χ3n) is 4.92. The average molecular weight is 450 g/mol. The van der Waals surface area contributed by atoms with Gasteiger partial charge in [-0.2, -0.15) is 0 Å². The standard InChI is InChI=1S/C23H35N3O6/c1-13(2)15-8-7-9-16(14(3)4)20(15)32-19(28)11-23(5,6)12-25-21(29)17(10-18(24)27)26-22(30)31/h7-9,13-14,17,26H,10-12H2,1-6H3,(H2,24,27)(H,25,29)(H,30,31)/t17-/m0/s1. The number of amides is 3. The zero-order chi connectivity index (χ0) is 24.6. The number of para-hydroxylation sites is 1. The predicted octanol–water partition coefficient (Wildman–Crippen LogP) is 2.88. The molecule has 0 aromatic heterocycles. The van der Waals surface area contributed by atoms with E-state index in [4.69, 9.17) is 15.6 Å². The average Bonchev–Trinajstić information content (AvgIpc) is 2.64. The Morgan fingerprint density at radius 2 is 1.59 bits per heavy atom. The Morgan fingerprint density at radius 3 is 2.03 bits per heavy atom. The maximum atomic E-state index is 12.8. The van der Waals surface area contributed by atoms with Crippen LogP contribution in [0.2, 0.25) is 0 Å². The van der Waals surface area contributed by atoms with Gasteiger partial charge in [0.05, 0.1) is 12.8 Å². The minimum absolute atomic E-state index is 0.0179. The molecule has 0 aliphatic heterocycles. The number of primary amides is 1. The van der Waals surface area contributed by atoms with Gasteiger partial charge in [0.25, 0.3) is 0 Å². The van der Waals surface area contributed by atoms with E-state index in [0.717, 1.165) is 11.1 Å². The Hall–Kier alpha value is -3.10. The van der Waals surface area contributed by atoms with E-state index in [1.807, 2.05) is 51.2 Å². The molecule has 5 N–H and O–H groups in total. The van der Waals surface area contributed by atoms with E-state index in [2.05, 4.69) is 5.32 Å². The van der Waals surface area contributed by atoms with Gasteiger partial charge >= 0.3 is 12.1 Å². The number of esters is 1. The largest absolute Gasteiger partial charge is 0.465 e. The number of nitrogens with one attached hydrogen (secondary N) is 2. The molecule has 0 saturated carbocycles. The van der Waals surface area contributed by atoms with Gasteiger partial charge in [-0.15, -0.1) is 0 Å². The summed E-state index contributed by atoms with van der Waals surface area (Å²) in [5, 5.41) is 13.4. The fraction of sp³-hybridized carbons (Fsp3) is 0.565. The summed E-state index contributed by atoms with van der Waals surface area (Å²) < 4.78 is 5.79. The van der Waals surface area contributed by atoms with Crippen molar-refractivity contribution in [3.63, 3.8) is 0 Å². The number of hydrogen-bond donors (Lipinski definition) is 4. The molecule has 0 radical (unpaired) electrons. The molecule has 0 fully saturated rings. The Morgan fingerprint density at radius 1 is 1.06 bits per heavy atom. The number of benzene rings is 1. The van der Waals surface area contributed by atoms with Gasteiger partial charge in [0.1, 0.15) is 11.8 Å². The van der Waals surface area contributed by atoms with Gasteiger partial charge in [0.15, 0.2) is 0 Å². The van der Waals surface area contributed by atoms with Crippen LogP contribution in [0.5, 0.6) is 5.75 Å². The first-order valence-electron chi connectivity index (χ1n) is 10.6. The van der Waals surface area contributed by atoms with Gasteiger partial charge in [-0.3, -0.25) is 14.4 Å². The highest BCUT2D eigenvalue weighted by molar-refractivity contribution is 5.90. The van der Waals surface area contributed by atoms with Crippen molar-refractivity contribution < 1.29 is 29.0 Å². The zero-order valence-corrected chi connectivity index (χ0v) is 19.7. The second-order valence-corrected chi connectivity index (χ2v) is 9.28. The predicted molar refractivity (Wildman–Crippen MR) is 120 cm³/mol. The van der Waals surface area contributed by atoms with Crippen molar-refractivity contribution in [3.8, 4) is 5.75 Å². The van der Waals surface area contributed by atoms with Gasteiger partial charge < -0.3 is 26.2 Å². The van der Waals surface area contributed by atoms with Gasteiger partial charge in [-0.1, -0.05) is 59.7 Å². The maximum Gasteiger partial charge on any atom is 0.405 e. The Balaban J connectivity index is 2.86. The van der Waals surface area contributed by atoms with Crippen LogP contribution in [0.1, 0.15) is 77.3 Å². The number of carboxylic acid groups (broad SMARTS) is 1. The molecule has 9 nitrogen and oxygen atoms in total. The first-order chi connectivity index (χ1) is 14.7. The van der Waals surface area contributed by atoms with Crippen molar-refractivity contribution in [1.82, 2.24) is 10.6 Å². The lowest BCUT2D eigenvalue weighted by Gasteiger charge is -2.26. The molecule has 1 aromatic carbocycles. The summed E-state index contributed by atoms with van der Waals surface area (Å²) in [7, 11) is 0. The SMILES string of the molecule is CC(C)c1cccc(C(C)C)c1OC(=O)CC(C)(C)CNC(=O)[C@H](CC(N)=O)NC(=O)O. The summed E-state index contributed by atoms with van der Waals surface area (Å²) in [6, 6.07) is 4.53. The van der Waals surface area contributed by atoms with E-state index in [1.165, 1.54) is 0 Å². The molecule has 1 aromatic rings. The first-order valence-corrected chi connectivity index (χ1v) is 10.6. The van der Waals surface area contributed by atoms with Crippen molar-refractivity contribution in [2.45, 2.75) is 72.3 Å². The summed E-state index contributed by atoms with van der Waals surface area (Å²) in [6.45, 7) is 11.8. The van der Waals surface area contributed by atoms with E-state index in [1.54, 1.807) is 13.8 Å². The first kappa shape index (κ1) is 26.9. The van der Waals surface area contributed by atoms with E-state index in [0.29, 0.717) is 5.75 Å². The lowest BCUT2D eigenvalue weighted by molar-refractivity contribution is -0.137. The van der Waals surface area contributed by atoms with Crippen LogP contribution in [-0.4, -0.2) is 41.6 Å². The number of nitrogens with two attached hydrogens (primary N) is 1. The van der Waals surface area contributed by atoms with Crippen molar-refractivity contribution in [1.29, 1.82) is 0 Å². The lowest BCUT2D eigenvalue weighted by Crippen LogP contribution is -2.50. The third kappa shape index (κ3) is 8.56. The van der Waals surface area contributed by atoms with Gasteiger partial charge in [0, 0.05) is 6.54 Å². The molecule has 0 spiro atoms. The minimum Gasteiger partial charge on any atom is -0.465 e. The molecule has 0 aliphatic carbocycles. The summed E-state index contributed by atoms with van der Waals surface area (Å²) in [4.78, 5) is 47.1. The van der Waals surface area contributed by atoms with E-state index in [9.17, 15) is 19.2 Å². The van der Waals surface area contributed by atoms with E-state index >= 15 is 0 Å². The Bertz CT molecular complexity index is 806. The molecule has 3 amide bonds. The number of carbonyl (C=O) groups excluding carboxylic acids is 3. The second kappa shape index (κ2) is 11.5. The summed E-state index contributed by atoms with van der Waals surface area (Å²) in [5.41, 5.74) is 6.30. The molecule has 0 saturated heterocycles. The highest BCUT2D eigenvalue weighted by Crippen LogP contribution is 2.35. The van der Waals surface area contributed by atoms with E-state index in [-0.39, 0.29) is 24.8 Å². The number of rotatable bonds is 11. The molecule has 0 bridgehead atoms. The fourth-order valence-electron chi connectivity index (χ4n) is 3.21. The molecule has 1 atom stereocenters. The Kier molecular flexibility index (Phi) is 9.68. The third-order valence-corrected chi connectivity index (χ3v) is 4.92. The van der Waals surface area contributed by atoms with Crippen molar-refractivity contribution in [2.24, 2.45) is 11.1 Å². The summed E-state index contributed by atoms with van der Waals surface area (Å²) in [5.74, 6) is -1.02. The topological polar surface area (TPSA) is 148 Å². The minimum atomic E-state index is -1.45. The molecular formula is C23H35N3O6. The molecule has 1 rings (SSSR count). The van der Waals surface area contributed by atoms with Crippen LogP contribution in [0.15, 0.2) is 18.2 Å². The van der Waals surface area contributed by atoms with E-state index < -0.39 is 41.8 Å². The molecule has 178 valence electrons. The van der Waals surface area contributed by atoms with Crippen LogP contribution in [0.4, 0.5) is 4.79 Å². The number of hydrogen-bond acceptors (Lipinski definition) is 5. The molecule has 9 heteroatoms. The molecule has 0 aliphatic rings. The normalized spacial score (nSPS) is 12.4. The maximum absolute atomic E-state index is 12.8.